The third kappa shape index (κ3) is 3.76. The first-order chi connectivity index (χ1) is 15.4. The summed E-state index contributed by atoms with van der Waals surface area (Å²) in [7, 11) is -1.50. The molecule has 2 aliphatic heterocycles. The lowest BCUT2D eigenvalue weighted by molar-refractivity contribution is -0.123. The smallest absolute Gasteiger partial charge is 0.252 e. The van der Waals surface area contributed by atoms with E-state index in [4.69, 9.17) is 9.97 Å². The van der Waals surface area contributed by atoms with Gasteiger partial charge in [0, 0.05) is 39.1 Å². The Hall–Kier alpha value is -2.56. The van der Waals surface area contributed by atoms with E-state index in [9.17, 15) is 13.2 Å². The second-order valence-corrected chi connectivity index (χ2v) is 11.3. The molecule has 0 bridgehead atoms. The van der Waals surface area contributed by atoms with Gasteiger partial charge in [0.2, 0.25) is 5.91 Å². The predicted molar refractivity (Wildman–Crippen MR) is 126 cm³/mol. The summed E-state index contributed by atoms with van der Waals surface area (Å²) in [5, 5.41) is 1.77. The molecule has 2 aromatic heterocycles. The molecule has 32 heavy (non-hydrogen) atoms. The van der Waals surface area contributed by atoms with Crippen LogP contribution in [0.2, 0.25) is 0 Å². The molecule has 4 heterocycles. The Morgan fingerprint density at radius 2 is 1.66 bits per heavy atom. The van der Waals surface area contributed by atoms with Gasteiger partial charge in [-0.15, -0.1) is 11.3 Å². The first-order valence-corrected chi connectivity index (χ1v) is 13.1. The average Bonchev–Trinajstić information content (AvgIpc) is 3.32. The molecular formula is C22H25N5O3S2. The van der Waals surface area contributed by atoms with Crippen LogP contribution in [0.4, 0.5) is 11.6 Å². The maximum atomic E-state index is 13.6. The zero-order valence-corrected chi connectivity index (χ0v) is 19.5. The maximum absolute atomic E-state index is 13.6. The summed E-state index contributed by atoms with van der Waals surface area (Å²) < 4.78 is 27.5. The molecule has 1 saturated heterocycles. The number of piperidine rings is 1. The molecule has 0 radical (unpaired) electrons. The van der Waals surface area contributed by atoms with E-state index in [-0.39, 0.29) is 11.8 Å². The fourth-order valence-corrected chi connectivity index (χ4v) is 7.03. The number of benzene rings is 1. The minimum atomic E-state index is -3.48. The normalized spacial score (nSPS) is 18.5. The summed E-state index contributed by atoms with van der Waals surface area (Å²) in [6, 6.07) is 11.1. The van der Waals surface area contributed by atoms with Crippen LogP contribution in [0.3, 0.4) is 0 Å². The number of anilines is 2. The van der Waals surface area contributed by atoms with Crippen LogP contribution in [-0.4, -0.2) is 61.8 Å². The SMILES string of the molecule is CN1CCCN(C(=O)C2CCN(S(=O)(=O)c3cccs3)CC2)c2nc3ccccc3nc21. The van der Waals surface area contributed by atoms with Crippen LogP contribution < -0.4 is 9.80 Å². The summed E-state index contributed by atoms with van der Waals surface area (Å²) in [6.07, 6.45) is 1.83. The number of carbonyl (C=O) groups excluding carboxylic acids is 1. The van der Waals surface area contributed by atoms with E-state index in [1.165, 1.54) is 15.6 Å². The fourth-order valence-electron chi connectivity index (χ4n) is 4.41. The first kappa shape index (κ1) is 21.3. The third-order valence-electron chi connectivity index (χ3n) is 6.19. The molecule has 10 heteroatoms. The van der Waals surface area contributed by atoms with Crippen LogP contribution in [0.1, 0.15) is 19.3 Å². The van der Waals surface area contributed by atoms with Crippen LogP contribution in [0.15, 0.2) is 46.0 Å². The van der Waals surface area contributed by atoms with Crippen molar-refractivity contribution in [3.05, 3.63) is 41.8 Å². The molecule has 0 saturated carbocycles. The molecule has 0 aliphatic carbocycles. The van der Waals surface area contributed by atoms with Crippen LogP contribution in [0.5, 0.6) is 0 Å². The number of para-hydroxylation sites is 2. The van der Waals surface area contributed by atoms with Crippen LogP contribution in [0, 0.1) is 5.92 Å². The first-order valence-electron chi connectivity index (χ1n) is 10.8. The number of aromatic nitrogens is 2. The van der Waals surface area contributed by atoms with Crippen molar-refractivity contribution in [1.82, 2.24) is 14.3 Å². The second-order valence-electron chi connectivity index (χ2n) is 8.23. The van der Waals surface area contributed by atoms with Gasteiger partial charge in [0.25, 0.3) is 10.0 Å². The average molecular weight is 472 g/mol. The maximum Gasteiger partial charge on any atom is 0.252 e. The van der Waals surface area contributed by atoms with Gasteiger partial charge in [0.1, 0.15) is 4.21 Å². The van der Waals surface area contributed by atoms with Gasteiger partial charge in [-0.05, 0) is 42.8 Å². The van der Waals surface area contributed by atoms with Crippen molar-refractivity contribution in [3.8, 4) is 0 Å². The Labute approximate surface area is 191 Å². The Morgan fingerprint density at radius 1 is 0.969 bits per heavy atom. The van der Waals surface area contributed by atoms with E-state index in [1.807, 2.05) is 31.3 Å². The van der Waals surface area contributed by atoms with Crippen LogP contribution in [-0.2, 0) is 14.8 Å². The van der Waals surface area contributed by atoms with Crippen molar-refractivity contribution in [2.45, 2.75) is 23.5 Å². The minimum absolute atomic E-state index is 0.0132. The Bertz CT molecular complexity index is 1240. The van der Waals surface area contributed by atoms with Gasteiger partial charge in [0.15, 0.2) is 11.6 Å². The lowest BCUT2D eigenvalue weighted by Gasteiger charge is -2.33. The van der Waals surface area contributed by atoms with E-state index in [2.05, 4.69) is 4.90 Å². The molecule has 0 atom stereocenters. The molecule has 0 unspecified atom stereocenters. The van der Waals surface area contributed by atoms with Gasteiger partial charge >= 0.3 is 0 Å². The standard InChI is InChI=1S/C22H25N5O3S2/c1-25-11-5-12-27(21-20(25)23-17-6-2-3-7-18(17)24-21)22(28)16-9-13-26(14-10-16)32(29,30)19-8-4-15-31-19/h2-4,6-8,15-16H,5,9-14H2,1H3. The highest BCUT2D eigenvalue weighted by Gasteiger charge is 2.36. The lowest BCUT2D eigenvalue weighted by Crippen LogP contribution is -2.44. The molecule has 0 spiro atoms. The molecule has 0 N–H and O–H groups in total. The molecular weight excluding hydrogens is 446 g/mol. The van der Waals surface area contributed by atoms with Crippen molar-refractivity contribution in [2.24, 2.45) is 5.92 Å². The lowest BCUT2D eigenvalue weighted by atomic mass is 9.96. The summed E-state index contributed by atoms with van der Waals surface area (Å²) in [5.41, 5.74) is 1.57. The highest BCUT2D eigenvalue weighted by Crippen LogP contribution is 2.33. The summed E-state index contributed by atoms with van der Waals surface area (Å²) in [4.78, 5) is 27.0. The number of carbonyl (C=O) groups is 1. The van der Waals surface area contributed by atoms with E-state index in [0.717, 1.165) is 24.0 Å². The number of amides is 1. The number of hydrogen-bond donors (Lipinski definition) is 0. The molecule has 1 aromatic carbocycles. The van der Waals surface area contributed by atoms with E-state index in [1.54, 1.807) is 22.4 Å². The predicted octanol–water partition coefficient (Wildman–Crippen LogP) is 2.97. The van der Waals surface area contributed by atoms with Crippen molar-refractivity contribution < 1.29 is 13.2 Å². The summed E-state index contributed by atoms with van der Waals surface area (Å²) >= 11 is 1.22. The largest absolute Gasteiger partial charge is 0.357 e. The molecule has 1 fully saturated rings. The van der Waals surface area contributed by atoms with Gasteiger partial charge in [-0.1, -0.05) is 18.2 Å². The molecule has 2 aliphatic rings. The number of nitrogens with zero attached hydrogens (tertiary/aromatic N) is 5. The van der Waals surface area contributed by atoms with E-state index < -0.39 is 10.0 Å². The Balaban J connectivity index is 1.38. The van der Waals surface area contributed by atoms with Gasteiger partial charge in [-0.25, -0.2) is 18.4 Å². The molecule has 3 aromatic rings. The highest BCUT2D eigenvalue weighted by atomic mass is 32.2. The Kier molecular flexibility index (Phi) is 5.60. The number of hydrogen-bond acceptors (Lipinski definition) is 7. The van der Waals surface area contributed by atoms with Crippen molar-refractivity contribution in [2.75, 3.05) is 43.0 Å². The number of sulfonamides is 1. The topological polar surface area (TPSA) is 86.7 Å². The van der Waals surface area contributed by atoms with Crippen molar-refractivity contribution >= 4 is 49.9 Å². The third-order valence-corrected chi connectivity index (χ3v) is 9.46. The zero-order valence-electron chi connectivity index (χ0n) is 17.8. The van der Waals surface area contributed by atoms with Gasteiger partial charge in [0.05, 0.1) is 11.0 Å². The fraction of sp³-hybridized carbons (Fsp3) is 0.409. The number of fused-ring (bicyclic) bond motifs is 2. The highest BCUT2D eigenvalue weighted by molar-refractivity contribution is 7.91. The molecule has 1 amide bonds. The Morgan fingerprint density at radius 3 is 2.31 bits per heavy atom. The van der Waals surface area contributed by atoms with Crippen LogP contribution in [0.25, 0.3) is 11.0 Å². The molecule has 168 valence electrons. The number of rotatable bonds is 3. The zero-order chi connectivity index (χ0) is 22.3. The summed E-state index contributed by atoms with van der Waals surface area (Å²) in [6.45, 7) is 2.07. The van der Waals surface area contributed by atoms with E-state index in [0.29, 0.717) is 48.3 Å². The quantitative estimate of drug-likeness (QED) is 0.584. The monoisotopic (exact) mass is 471 g/mol. The van der Waals surface area contributed by atoms with Crippen molar-refractivity contribution in [1.29, 1.82) is 0 Å². The summed E-state index contributed by atoms with van der Waals surface area (Å²) in [5.74, 6) is 1.10. The van der Waals surface area contributed by atoms with Gasteiger partial charge < -0.3 is 4.90 Å². The molecule has 8 nitrogen and oxygen atoms in total. The van der Waals surface area contributed by atoms with E-state index >= 15 is 0 Å². The van der Waals surface area contributed by atoms with Gasteiger partial charge in [-0.2, -0.15) is 4.31 Å². The second kappa shape index (κ2) is 8.42. The molecule has 5 rings (SSSR count). The van der Waals surface area contributed by atoms with Gasteiger partial charge in [-0.3, -0.25) is 9.69 Å². The minimum Gasteiger partial charge on any atom is -0.357 e. The van der Waals surface area contributed by atoms with Crippen LogP contribution >= 0.6 is 11.3 Å². The number of thiophene rings is 1. The van der Waals surface area contributed by atoms with Crippen molar-refractivity contribution in [3.63, 3.8) is 0 Å².